The van der Waals surface area contributed by atoms with E-state index in [-0.39, 0.29) is 18.5 Å². The topological polar surface area (TPSA) is 95.9 Å². The summed E-state index contributed by atoms with van der Waals surface area (Å²) >= 11 is 1.43. The lowest BCUT2D eigenvalue weighted by molar-refractivity contribution is -0.143. The second-order valence-electron chi connectivity index (χ2n) is 7.12. The SMILES string of the molecule is COC(=O)c1c(NC(=O)N2CC(C)CC(C(=O)O)C2)sc2c1CCCC2. The van der Waals surface area contributed by atoms with Gasteiger partial charge in [0.2, 0.25) is 0 Å². The van der Waals surface area contributed by atoms with Crippen molar-refractivity contribution in [2.75, 3.05) is 25.5 Å². The lowest BCUT2D eigenvalue weighted by Crippen LogP contribution is -2.47. The van der Waals surface area contributed by atoms with E-state index in [1.807, 2.05) is 6.92 Å². The number of nitrogens with one attached hydrogen (secondary N) is 1. The average Bonchev–Trinajstić information content (AvgIpc) is 2.98. The van der Waals surface area contributed by atoms with Crippen LogP contribution in [0, 0.1) is 11.8 Å². The standard InChI is InChI=1S/C18H24N2O5S/c1-10-7-11(16(21)22)9-20(8-10)18(24)19-15-14(17(23)25-2)12-5-3-4-6-13(12)26-15/h10-11H,3-9H2,1-2H3,(H,19,24)(H,21,22). The van der Waals surface area contributed by atoms with Crippen LogP contribution in [0.2, 0.25) is 0 Å². The fraction of sp³-hybridized carbons (Fsp3) is 0.611. The molecule has 2 amide bonds. The van der Waals surface area contributed by atoms with Crippen molar-refractivity contribution in [3.63, 3.8) is 0 Å². The molecule has 8 heteroatoms. The molecular formula is C18H24N2O5S. The number of methoxy groups -OCH3 is 1. The molecule has 0 saturated carbocycles. The maximum atomic E-state index is 12.7. The van der Waals surface area contributed by atoms with Gasteiger partial charge in [-0.25, -0.2) is 9.59 Å². The van der Waals surface area contributed by atoms with E-state index >= 15 is 0 Å². The number of nitrogens with zero attached hydrogens (tertiary/aromatic N) is 1. The zero-order chi connectivity index (χ0) is 18.8. The Morgan fingerprint density at radius 3 is 2.65 bits per heavy atom. The number of aryl methyl sites for hydroxylation is 1. The van der Waals surface area contributed by atoms with Gasteiger partial charge in [-0.1, -0.05) is 6.92 Å². The van der Waals surface area contributed by atoms with Crippen LogP contribution in [0.5, 0.6) is 0 Å². The van der Waals surface area contributed by atoms with Gasteiger partial charge in [0.15, 0.2) is 0 Å². The molecule has 2 heterocycles. The number of thiophene rings is 1. The van der Waals surface area contributed by atoms with E-state index in [9.17, 15) is 19.5 Å². The van der Waals surface area contributed by atoms with Crippen molar-refractivity contribution in [1.82, 2.24) is 4.90 Å². The zero-order valence-corrected chi connectivity index (χ0v) is 15.9. The number of likely N-dealkylation sites (tertiary alicyclic amines) is 1. The van der Waals surface area contributed by atoms with Crippen molar-refractivity contribution < 1.29 is 24.2 Å². The first-order chi connectivity index (χ1) is 12.4. The van der Waals surface area contributed by atoms with Gasteiger partial charge in [-0.05, 0) is 43.6 Å². The predicted octanol–water partition coefficient (Wildman–Crippen LogP) is 2.99. The van der Waals surface area contributed by atoms with Gasteiger partial charge in [0.25, 0.3) is 0 Å². The Morgan fingerprint density at radius 2 is 1.96 bits per heavy atom. The third-order valence-electron chi connectivity index (χ3n) is 5.08. The Morgan fingerprint density at radius 1 is 1.23 bits per heavy atom. The fourth-order valence-electron chi connectivity index (χ4n) is 3.84. The van der Waals surface area contributed by atoms with Crippen molar-refractivity contribution >= 4 is 34.3 Å². The number of carbonyl (C=O) groups excluding carboxylic acids is 2. The van der Waals surface area contributed by atoms with E-state index in [0.29, 0.717) is 23.5 Å². The highest BCUT2D eigenvalue weighted by atomic mass is 32.1. The number of hydrogen-bond donors (Lipinski definition) is 2. The van der Waals surface area contributed by atoms with Crippen LogP contribution < -0.4 is 5.32 Å². The van der Waals surface area contributed by atoms with Crippen LogP contribution in [0.3, 0.4) is 0 Å². The number of carbonyl (C=O) groups is 3. The summed E-state index contributed by atoms with van der Waals surface area (Å²) in [6.45, 7) is 2.64. The summed E-state index contributed by atoms with van der Waals surface area (Å²) in [5.74, 6) is -1.75. The molecule has 2 unspecified atom stereocenters. The van der Waals surface area contributed by atoms with Crippen molar-refractivity contribution in [3.8, 4) is 0 Å². The van der Waals surface area contributed by atoms with Crippen LogP contribution >= 0.6 is 11.3 Å². The summed E-state index contributed by atoms with van der Waals surface area (Å²) in [4.78, 5) is 39.0. The number of carboxylic acids is 1. The van der Waals surface area contributed by atoms with Crippen molar-refractivity contribution in [3.05, 3.63) is 16.0 Å². The quantitative estimate of drug-likeness (QED) is 0.786. The first-order valence-electron chi connectivity index (χ1n) is 8.92. The lowest BCUT2D eigenvalue weighted by atomic mass is 9.91. The van der Waals surface area contributed by atoms with Gasteiger partial charge in [0.05, 0.1) is 18.6 Å². The summed E-state index contributed by atoms with van der Waals surface area (Å²) in [6.07, 6.45) is 4.38. The molecule has 7 nitrogen and oxygen atoms in total. The number of ether oxygens (including phenoxy) is 1. The lowest BCUT2D eigenvalue weighted by Gasteiger charge is -2.34. The van der Waals surface area contributed by atoms with E-state index < -0.39 is 17.9 Å². The zero-order valence-electron chi connectivity index (χ0n) is 15.0. The van der Waals surface area contributed by atoms with E-state index in [4.69, 9.17) is 4.74 Å². The van der Waals surface area contributed by atoms with Crippen LogP contribution in [-0.4, -0.2) is 48.2 Å². The normalized spacial score (nSPS) is 22.5. The van der Waals surface area contributed by atoms with Crippen LogP contribution in [0.4, 0.5) is 9.80 Å². The minimum atomic E-state index is -0.879. The van der Waals surface area contributed by atoms with Gasteiger partial charge >= 0.3 is 18.0 Å². The maximum absolute atomic E-state index is 12.7. The van der Waals surface area contributed by atoms with Gasteiger partial charge < -0.3 is 14.7 Å². The molecule has 26 heavy (non-hydrogen) atoms. The van der Waals surface area contributed by atoms with Crippen molar-refractivity contribution in [2.45, 2.75) is 39.0 Å². The molecule has 2 N–H and O–H groups in total. The molecule has 3 rings (SSSR count). The fourth-order valence-corrected chi connectivity index (χ4v) is 5.11. The Balaban J connectivity index is 1.82. The number of piperidine rings is 1. The van der Waals surface area contributed by atoms with Crippen molar-refractivity contribution in [1.29, 1.82) is 0 Å². The molecule has 0 spiro atoms. The molecule has 1 aliphatic carbocycles. The molecule has 1 fully saturated rings. The Kier molecular flexibility index (Phi) is 5.50. The van der Waals surface area contributed by atoms with E-state index in [1.54, 1.807) is 0 Å². The van der Waals surface area contributed by atoms with Crippen LogP contribution in [0.15, 0.2) is 0 Å². The summed E-state index contributed by atoms with van der Waals surface area (Å²) in [5, 5.41) is 12.6. The second kappa shape index (κ2) is 7.65. The molecule has 0 aromatic carbocycles. The van der Waals surface area contributed by atoms with E-state index in [1.165, 1.54) is 23.3 Å². The first-order valence-corrected chi connectivity index (χ1v) is 9.74. The number of aliphatic carboxylic acids is 1. The van der Waals surface area contributed by atoms with Gasteiger partial charge in [-0.2, -0.15) is 0 Å². The molecule has 0 radical (unpaired) electrons. The third kappa shape index (κ3) is 3.70. The minimum absolute atomic E-state index is 0.118. The number of amides is 2. The van der Waals surface area contributed by atoms with E-state index in [2.05, 4.69) is 5.32 Å². The largest absolute Gasteiger partial charge is 0.481 e. The number of anilines is 1. The van der Waals surface area contributed by atoms with Gasteiger partial charge in [-0.3, -0.25) is 10.1 Å². The first kappa shape index (κ1) is 18.7. The maximum Gasteiger partial charge on any atom is 0.341 e. The summed E-state index contributed by atoms with van der Waals surface area (Å²) in [6, 6.07) is -0.355. The molecule has 1 aliphatic heterocycles. The Labute approximate surface area is 156 Å². The third-order valence-corrected chi connectivity index (χ3v) is 6.28. The highest BCUT2D eigenvalue weighted by Crippen LogP contribution is 2.38. The number of urea groups is 1. The molecule has 1 saturated heterocycles. The van der Waals surface area contributed by atoms with Crippen LogP contribution in [-0.2, 0) is 22.4 Å². The molecule has 0 bridgehead atoms. The molecule has 1 aromatic heterocycles. The highest BCUT2D eigenvalue weighted by molar-refractivity contribution is 7.17. The highest BCUT2D eigenvalue weighted by Gasteiger charge is 2.33. The van der Waals surface area contributed by atoms with Gasteiger partial charge in [0.1, 0.15) is 5.00 Å². The van der Waals surface area contributed by atoms with Gasteiger partial charge in [0, 0.05) is 18.0 Å². The number of carboxylic acid groups (broad SMARTS) is 1. The van der Waals surface area contributed by atoms with Crippen molar-refractivity contribution in [2.24, 2.45) is 11.8 Å². The molecule has 1 aromatic rings. The molecule has 2 atom stereocenters. The number of fused-ring (bicyclic) bond motifs is 1. The Bertz CT molecular complexity index is 729. The summed E-state index contributed by atoms with van der Waals surface area (Å²) in [5.41, 5.74) is 1.44. The molecule has 2 aliphatic rings. The number of hydrogen-bond acceptors (Lipinski definition) is 5. The number of esters is 1. The second-order valence-corrected chi connectivity index (χ2v) is 8.22. The Hall–Kier alpha value is -2.09. The molecule has 142 valence electrons. The number of rotatable bonds is 3. The predicted molar refractivity (Wildman–Crippen MR) is 97.8 cm³/mol. The van der Waals surface area contributed by atoms with Crippen LogP contribution in [0.25, 0.3) is 0 Å². The van der Waals surface area contributed by atoms with E-state index in [0.717, 1.165) is 36.1 Å². The van der Waals surface area contributed by atoms with Crippen LogP contribution in [0.1, 0.15) is 47.0 Å². The minimum Gasteiger partial charge on any atom is -0.481 e. The smallest absolute Gasteiger partial charge is 0.341 e. The molecular weight excluding hydrogens is 356 g/mol. The average molecular weight is 380 g/mol. The summed E-state index contributed by atoms with van der Waals surface area (Å²) in [7, 11) is 1.34. The van der Waals surface area contributed by atoms with Gasteiger partial charge in [-0.15, -0.1) is 11.3 Å². The summed E-state index contributed by atoms with van der Waals surface area (Å²) < 4.78 is 4.92. The monoisotopic (exact) mass is 380 g/mol.